The van der Waals surface area contributed by atoms with Crippen LogP contribution in [0.3, 0.4) is 0 Å². The molecule has 2 heterocycles. The number of carbonyl (C=O) groups excluding carboxylic acids is 1. The van der Waals surface area contributed by atoms with Gasteiger partial charge in [0, 0.05) is 30.9 Å². The van der Waals surface area contributed by atoms with E-state index in [1.165, 1.54) is 6.42 Å². The lowest BCUT2D eigenvalue weighted by Gasteiger charge is -2.38. The number of carbonyl (C=O) groups is 1. The molecule has 1 N–H and O–H groups in total. The molecule has 1 aromatic heterocycles. The van der Waals surface area contributed by atoms with E-state index in [0.717, 1.165) is 42.9 Å². The van der Waals surface area contributed by atoms with Gasteiger partial charge in [-0.15, -0.1) is 0 Å². The number of hydrogen-bond donors (Lipinski definition) is 1. The zero-order chi connectivity index (χ0) is 15.4. The van der Waals surface area contributed by atoms with E-state index < -0.39 is 0 Å². The monoisotopic (exact) mass is 289 g/mol. The zero-order valence-corrected chi connectivity index (χ0v) is 13.6. The Hall–Kier alpha value is -1.58. The maximum atomic E-state index is 12.9. The van der Waals surface area contributed by atoms with E-state index >= 15 is 0 Å². The quantitative estimate of drug-likeness (QED) is 0.924. The highest BCUT2D eigenvalue weighted by Gasteiger charge is 2.29. The van der Waals surface area contributed by atoms with Crippen molar-refractivity contribution in [3.05, 3.63) is 23.4 Å². The average molecular weight is 289 g/mol. The minimum Gasteiger partial charge on any atom is -0.373 e. The smallest absolute Gasteiger partial charge is 0.254 e. The van der Waals surface area contributed by atoms with Crippen LogP contribution in [-0.2, 0) is 6.42 Å². The highest BCUT2D eigenvalue weighted by molar-refractivity contribution is 5.95. The molecule has 1 aliphatic rings. The SMILES string of the molecule is CCCc1cc(C(=O)N2CCCC(C)C2C)cc(NC)n1. The number of amides is 1. The molecule has 1 aliphatic heterocycles. The van der Waals surface area contributed by atoms with Crippen molar-refractivity contribution >= 4 is 11.7 Å². The molecule has 21 heavy (non-hydrogen) atoms. The van der Waals surface area contributed by atoms with Crippen LogP contribution in [0.25, 0.3) is 0 Å². The van der Waals surface area contributed by atoms with Gasteiger partial charge in [-0.2, -0.15) is 0 Å². The molecule has 4 nitrogen and oxygen atoms in total. The van der Waals surface area contributed by atoms with Gasteiger partial charge in [-0.25, -0.2) is 4.98 Å². The lowest BCUT2D eigenvalue weighted by molar-refractivity contribution is 0.0551. The fraction of sp³-hybridized carbons (Fsp3) is 0.647. The molecule has 116 valence electrons. The zero-order valence-electron chi connectivity index (χ0n) is 13.6. The summed E-state index contributed by atoms with van der Waals surface area (Å²) in [6.07, 6.45) is 4.25. The largest absolute Gasteiger partial charge is 0.373 e. The summed E-state index contributed by atoms with van der Waals surface area (Å²) >= 11 is 0. The van der Waals surface area contributed by atoms with Gasteiger partial charge in [0.25, 0.3) is 5.91 Å². The summed E-state index contributed by atoms with van der Waals surface area (Å²) in [5, 5.41) is 3.06. The molecule has 4 heteroatoms. The van der Waals surface area contributed by atoms with Crippen LogP contribution in [0.15, 0.2) is 12.1 Å². The van der Waals surface area contributed by atoms with E-state index in [2.05, 4.69) is 31.1 Å². The van der Waals surface area contributed by atoms with Crippen molar-refractivity contribution < 1.29 is 4.79 Å². The number of rotatable bonds is 4. The number of nitrogens with zero attached hydrogens (tertiary/aromatic N) is 2. The molecule has 0 bridgehead atoms. The first-order valence-electron chi connectivity index (χ1n) is 8.06. The van der Waals surface area contributed by atoms with Crippen molar-refractivity contribution in [1.82, 2.24) is 9.88 Å². The summed E-state index contributed by atoms with van der Waals surface area (Å²) in [4.78, 5) is 19.4. The maximum absolute atomic E-state index is 12.9. The molecule has 2 rings (SSSR count). The van der Waals surface area contributed by atoms with Gasteiger partial charge in [0.2, 0.25) is 0 Å². The van der Waals surface area contributed by atoms with Crippen molar-refractivity contribution in [2.75, 3.05) is 18.9 Å². The van der Waals surface area contributed by atoms with Crippen LogP contribution in [0.5, 0.6) is 0 Å². The Bertz CT molecular complexity index is 501. The molecule has 1 fully saturated rings. The first-order valence-corrected chi connectivity index (χ1v) is 8.06. The third-order valence-electron chi connectivity index (χ3n) is 4.52. The van der Waals surface area contributed by atoms with Gasteiger partial charge in [-0.1, -0.05) is 20.3 Å². The average Bonchev–Trinajstić information content (AvgIpc) is 2.49. The van der Waals surface area contributed by atoms with Gasteiger partial charge in [0.15, 0.2) is 0 Å². The molecule has 2 atom stereocenters. The van der Waals surface area contributed by atoms with E-state index in [9.17, 15) is 4.79 Å². The van der Waals surface area contributed by atoms with Gasteiger partial charge < -0.3 is 10.2 Å². The van der Waals surface area contributed by atoms with Crippen LogP contribution < -0.4 is 5.32 Å². The van der Waals surface area contributed by atoms with E-state index in [1.807, 2.05) is 24.1 Å². The Morgan fingerprint density at radius 2 is 2.19 bits per heavy atom. The number of hydrogen-bond acceptors (Lipinski definition) is 3. The third-order valence-corrected chi connectivity index (χ3v) is 4.52. The van der Waals surface area contributed by atoms with Gasteiger partial charge in [0.05, 0.1) is 0 Å². The van der Waals surface area contributed by atoms with Gasteiger partial charge in [0.1, 0.15) is 5.82 Å². The molecule has 1 aromatic rings. The molecule has 1 amide bonds. The number of pyridine rings is 1. The summed E-state index contributed by atoms with van der Waals surface area (Å²) in [6, 6.07) is 4.14. The lowest BCUT2D eigenvalue weighted by Crippen LogP contribution is -2.46. The molecule has 0 saturated carbocycles. The maximum Gasteiger partial charge on any atom is 0.254 e. The van der Waals surface area contributed by atoms with E-state index in [0.29, 0.717) is 12.0 Å². The minimum atomic E-state index is 0.144. The molecular formula is C17H27N3O. The number of piperidine rings is 1. The first kappa shape index (κ1) is 15.8. The Balaban J connectivity index is 2.27. The molecule has 2 unspecified atom stereocenters. The van der Waals surface area contributed by atoms with Crippen LogP contribution in [-0.4, -0.2) is 35.4 Å². The number of likely N-dealkylation sites (tertiary alicyclic amines) is 1. The second-order valence-electron chi connectivity index (χ2n) is 6.09. The highest BCUT2D eigenvalue weighted by atomic mass is 16.2. The van der Waals surface area contributed by atoms with Crippen LogP contribution in [0.1, 0.15) is 56.1 Å². The molecule has 1 saturated heterocycles. The van der Waals surface area contributed by atoms with Gasteiger partial charge in [-0.3, -0.25) is 4.79 Å². The van der Waals surface area contributed by atoms with E-state index in [1.54, 1.807) is 0 Å². The number of aromatic nitrogens is 1. The second kappa shape index (κ2) is 6.92. The standard InChI is InChI=1S/C17H27N3O/c1-5-7-15-10-14(11-16(18-4)19-15)17(21)20-9-6-8-12(2)13(20)3/h10-13H,5-9H2,1-4H3,(H,18,19). The van der Waals surface area contributed by atoms with Crippen LogP contribution in [0.2, 0.25) is 0 Å². The van der Waals surface area contributed by atoms with E-state index in [-0.39, 0.29) is 5.91 Å². The predicted octanol–water partition coefficient (Wildman–Crippen LogP) is 3.34. The van der Waals surface area contributed by atoms with Crippen molar-refractivity contribution in [2.24, 2.45) is 5.92 Å². The van der Waals surface area contributed by atoms with Gasteiger partial charge >= 0.3 is 0 Å². The molecule has 0 aliphatic carbocycles. The molecular weight excluding hydrogens is 262 g/mol. The Morgan fingerprint density at radius 3 is 2.86 bits per heavy atom. The predicted molar refractivity (Wildman–Crippen MR) is 86.7 cm³/mol. The fourth-order valence-electron chi connectivity index (χ4n) is 3.01. The summed E-state index contributed by atoms with van der Waals surface area (Å²) < 4.78 is 0. The van der Waals surface area contributed by atoms with Gasteiger partial charge in [-0.05, 0) is 44.2 Å². The normalized spacial score (nSPS) is 22.2. The van der Waals surface area contributed by atoms with Crippen LogP contribution in [0.4, 0.5) is 5.82 Å². The Labute approximate surface area is 127 Å². The number of nitrogens with one attached hydrogen (secondary N) is 1. The Morgan fingerprint density at radius 1 is 1.43 bits per heavy atom. The lowest BCUT2D eigenvalue weighted by atomic mass is 9.91. The number of anilines is 1. The van der Waals surface area contributed by atoms with Crippen LogP contribution >= 0.6 is 0 Å². The Kier molecular flexibility index (Phi) is 5.21. The van der Waals surface area contributed by atoms with Crippen molar-refractivity contribution in [3.63, 3.8) is 0 Å². The molecule has 0 aromatic carbocycles. The topological polar surface area (TPSA) is 45.2 Å². The summed E-state index contributed by atoms with van der Waals surface area (Å²) in [7, 11) is 1.85. The molecule has 0 spiro atoms. The second-order valence-corrected chi connectivity index (χ2v) is 6.09. The van der Waals surface area contributed by atoms with Crippen LogP contribution in [0, 0.1) is 5.92 Å². The summed E-state index contributed by atoms with van der Waals surface area (Å²) in [5.41, 5.74) is 1.75. The highest BCUT2D eigenvalue weighted by Crippen LogP contribution is 2.25. The van der Waals surface area contributed by atoms with Crippen molar-refractivity contribution in [1.29, 1.82) is 0 Å². The minimum absolute atomic E-state index is 0.144. The first-order chi connectivity index (χ1) is 10.1. The molecule has 0 radical (unpaired) electrons. The fourth-order valence-corrected chi connectivity index (χ4v) is 3.01. The van der Waals surface area contributed by atoms with Crippen molar-refractivity contribution in [3.8, 4) is 0 Å². The summed E-state index contributed by atoms with van der Waals surface area (Å²) in [6.45, 7) is 7.39. The van der Waals surface area contributed by atoms with E-state index in [4.69, 9.17) is 0 Å². The third kappa shape index (κ3) is 3.55. The summed E-state index contributed by atoms with van der Waals surface area (Å²) in [5.74, 6) is 1.50. The number of aryl methyl sites for hydroxylation is 1. The van der Waals surface area contributed by atoms with Crippen molar-refractivity contribution in [2.45, 2.75) is 52.5 Å².